The van der Waals surface area contributed by atoms with Gasteiger partial charge in [-0.2, -0.15) is 0 Å². The van der Waals surface area contributed by atoms with Crippen LogP contribution in [0.25, 0.3) is 0 Å². The molecule has 1 aromatic rings. The third kappa shape index (κ3) is 5.45. The van der Waals surface area contributed by atoms with Crippen LogP contribution in [0.3, 0.4) is 0 Å². The summed E-state index contributed by atoms with van der Waals surface area (Å²) >= 11 is 0. The highest BCUT2D eigenvalue weighted by Crippen LogP contribution is 2.50. The Labute approximate surface area is 187 Å². The molecule has 4 unspecified atom stereocenters. The third-order valence-electron chi connectivity index (χ3n) is 5.86. The third-order valence-corrected chi connectivity index (χ3v) is 5.86. The summed E-state index contributed by atoms with van der Waals surface area (Å²) in [5, 5.41) is 52.9. The van der Waals surface area contributed by atoms with Gasteiger partial charge in [-0.1, -0.05) is 18.2 Å². The first kappa shape index (κ1) is 25.3. The molecule has 12 heteroatoms. The van der Waals surface area contributed by atoms with Crippen molar-refractivity contribution in [1.82, 2.24) is 5.32 Å². The van der Waals surface area contributed by atoms with E-state index in [4.69, 9.17) is 0 Å². The number of nitrogens with one attached hydrogen (secondary N) is 1. The van der Waals surface area contributed by atoms with Gasteiger partial charge in [-0.05, 0) is 25.6 Å². The average Bonchev–Trinajstić information content (AvgIpc) is 2.69. The predicted molar refractivity (Wildman–Crippen MR) is 111 cm³/mol. The van der Waals surface area contributed by atoms with E-state index in [2.05, 4.69) is 5.32 Å². The maximum absolute atomic E-state index is 12.2. The number of rotatable bonds is 10. The van der Waals surface area contributed by atoms with E-state index in [9.17, 15) is 49.7 Å². The van der Waals surface area contributed by atoms with Gasteiger partial charge >= 0.3 is 23.9 Å². The molecule has 5 N–H and O–H groups in total. The zero-order valence-electron chi connectivity index (χ0n) is 17.8. The van der Waals surface area contributed by atoms with Crippen molar-refractivity contribution in [3.8, 4) is 0 Å². The monoisotopic (exact) mass is 464 g/mol. The number of hydrogen-bond acceptors (Lipinski definition) is 7. The van der Waals surface area contributed by atoms with Crippen molar-refractivity contribution < 1.29 is 44.5 Å². The normalized spacial score (nSPS) is 21.1. The minimum Gasteiger partial charge on any atom is -0.481 e. The molecule has 0 aliphatic carbocycles. The fourth-order valence-electron chi connectivity index (χ4n) is 4.50. The van der Waals surface area contributed by atoms with E-state index < -0.39 is 76.5 Å². The smallest absolute Gasteiger partial charge is 0.311 e. The van der Waals surface area contributed by atoms with Crippen LogP contribution < -0.4 is 5.32 Å². The summed E-state index contributed by atoms with van der Waals surface area (Å²) in [5.74, 6) is -11.5. The molecule has 1 aliphatic heterocycles. The van der Waals surface area contributed by atoms with Crippen LogP contribution in [0, 0.1) is 27.9 Å². The van der Waals surface area contributed by atoms with Crippen LogP contribution in [0.1, 0.15) is 38.2 Å². The Kier molecular flexibility index (Phi) is 7.42. The molecule has 33 heavy (non-hydrogen) atoms. The Morgan fingerprint density at radius 2 is 1.61 bits per heavy atom. The van der Waals surface area contributed by atoms with Gasteiger partial charge in [0.15, 0.2) is 0 Å². The molecule has 0 amide bonds. The highest BCUT2D eigenvalue weighted by molar-refractivity contribution is 5.82. The van der Waals surface area contributed by atoms with Crippen molar-refractivity contribution in [3.63, 3.8) is 0 Å². The van der Waals surface area contributed by atoms with Gasteiger partial charge in [-0.3, -0.25) is 29.3 Å². The van der Waals surface area contributed by atoms with Gasteiger partial charge < -0.3 is 25.7 Å². The summed E-state index contributed by atoms with van der Waals surface area (Å²) in [7, 11) is 0. The average molecular weight is 464 g/mol. The molecule has 2 rings (SSSR count). The van der Waals surface area contributed by atoms with Gasteiger partial charge in [0.1, 0.15) is 0 Å². The van der Waals surface area contributed by atoms with Crippen LogP contribution in [0.4, 0.5) is 5.69 Å². The van der Waals surface area contributed by atoms with Crippen LogP contribution in [0.15, 0.2) is 36.0 Å². The molecular formula is C21H24N2O10. The number of benzene rings is 1. The van der Waals surface area contributed by atoms with Crippen LogP contribution >= 0.6 is 0 Å². The van der Waals surface area contributed by atoms with E-state index in [0.717, 1.165) is 0 Å². The molecule has 12 nitrogen and oxygen atoms in total. The fourth-order valence-corrected chi connectivity index (χ4v) is 4.50. The van der Waals surface area contributed by atoms with Crippen molar-refractivity contribution in [2.75, 3.05) is 0 Å². The first-order valence-corrected chi connectivity index (χ1v) is 9.88. The van der Waals surface area contributed by atoms with E-state index in [0.29, 0.717) is 0 Å². The number of carboxylic acids is 4. The topological polar surface area (TPSA) is 204 Å². The number of nitro benzene ring substituents is 1. The highest BCUT2D eigenvalue weighted by Gasteiger charge is 2.51. The lowest BCUT2D eigenvalue weighted by Crippen LogP contribution is -2.55. The van der Waals surface area contributed by atoms with Crippen LogP contribution in [-0.2, 0) is 19.2 Å². The number of nitrogens with zero attached hydrogens (tertiary/aromatic N) is 1. The van der Waals surface area contributed by atoms with Crippen molar-refractivity contribution in [2.24, 2.45) is 17.8 Å². The van der Waals surface area contributed by atoms with E-state index in [1.54, 1.807) is 13.8 Å². The minimum absolute atomic E-state index is 0.0263. The Bertz CT molecular complexity index is 1020. The van der Waals surface area contributed by atoms with Crippen molar-refractivity contribution in [3.05, 3.63) is 51.7 Å². The standard InChI is InChI=1S/C21H24N2O10/c1-21(2)18(12(20(30)31)8-16(26)27)17(10-5-3-4-6-14(10)23(32)33)13(9-22-21)11(19(28)29)7-15(24)25/h3-6,9,11-12,17-18,22H,7-8H2,1-2H3,(H,24,25)(H,26,27)(H,28,29)(H,30,31). The maximum atomic E-state index is 12.2. The number of hydrogen-bond donors (Lipinski definition) is 5. The van der Waals surface area contributed by atoms with Crippen LogP contribution in [-0.4, -0.2) is 54.8 Å². The molecule has 0 radical (unpaired) electrons. The summed E-state index contributed by atoms with van der Waals surface area (Å²) in [4.78, 5) is 58.1. The van der Waals surface area contributed by atoms with Gasteiger partial charge in [-0.15, -0.1) is 0 Å². The first-order chi connectivity index (χ1) is 15.3. The summed E-state index contributed by atoms with van der Waals surface area (Å²) < 4.78 is 0. The molecule has 0 aromatic heterocycles. The second-order valence-electron chi connectivity index (χ2n) is 8.36. The zero-order valence-corrected chi connectivity index (χ0v) is 17.8. The number of carboxylic acid groups (broad SMARTS) is 4. The van der Waals surface area contributed by atoms with Crippen molar-refractivity contribution in [1.29, 1.82) is 0 Å². The molecule has 0 fully saturated rings. The summed E-state index contributed by atoms with van der Waals surface area (Å²) in [6, 6.07) is 5.33. The molecule has 1 aliphatic rings. The molecule has 4 atom stereocenters. The van der Waals surface area contributed by atoms with E-state index >= 15 is 0 Å². The van der Waals surface area contributed by atoms with E-state index in [-0.39, 0.29) is 11.1 Å². The molecule has 178 valence electrons. The van der Waals surface area contributed by atoms with Crippen molar-refractivity contribution >= 4 is 29.6 Å². The summed E-state index contributed by atoms with van der Waals surface area (Å²) in [6.45, 7) is 3.13. The quantitative estimate of drug-likeness (QED) is 0.250. The Morgan fingerprint density at radius 1 is 1.03 bits per heavy atom. The van der Waals surface area contributed by atoms with Crippen molar-refractivity contribution in [2.45, 2.75) is 38.1 Å². The second kappa shape index (κ2) is 9.67. The lowest BCUT2D eigenvalue weighted by atomic mass is 9.61. The largest absolute Gasteiger partial charge is 0.481 e. The molecular weight excluding hydrogens is 440 g/mol. The SMILES string of the molecule is CC1(C)NC=C(C(CC(=O)O)C(=O)O)C(c2ccccc2[N+](=O)[O-])C1C(CC(=O)O)C(=O)O. The number of aliphatic carboxylic acids is 4. The molecule has 0 saturated heterocycles. The highest BCUT2D eigenvalue weighted by atomic mass is 16.6. The zero-order chi connectivity index (χ0) is 25.1. The Hall–Kier alpha value is -3.96. The molecule has 1 aromatic carbocycles. The summed E-state index contributed by atoms with van der Waals surface area (Å²) in [5.41, 5.74) is -1.68. The van der Waals surface area contributed by atoms with Gasteiger partial charge in [-0.25, -0.2) is 0 Å². The predicted octanol–water partition coefficient (Wildman–Crippen LogP) is 1.91. The van der Waals surface area contributed by atoms with E-state index in [1.807, 2.05) is 0 Å². The van der Waals surface area contributed by atoms with Gasteiger partial charge in [0.05, 0.1) is 29.6 Å². The maximum Gasteiger partial charge on any atom is 0.311 e. The number of para-hydroxylation sites is 1. The summed E-state index contributed by atoms with van der Waals surface area (Å²) in [6.07, 6.45) is -0.435. The fraction of sp³-hybridized carbons (Fsp3) is 0.429. The Balaban J connectivity index is 2.88. The Morgan fingerprint density at radius 3 is 2.09 bits per heavy atom. The van der Waals surface area contributed by atoms with E-state index in [1.165, 1.54) is 30.5 Å². The molecule has 0 spiro atoms. The first-order valence-electron chi connectivity index (χ1n) is 9.88. The lowest BCUT2D eigenvalue weighted by molar-refractivity contribution is -0.385. The number of carbonyl (C=O) groups is 4. The molecule has 0 saturated carbocycles. The minimum atomic E-state index is -1.64. The number of nitro groups is 1. The van der Waals surface area contributed by atoms with Crippen LogP contribution in [0.2, 0.25) is 0 Å². The molecule has 0 bridgehead atoms. The van der Waals surface area contributed by atoms with Gasteiger partial charge in [0.25, 0.3) is 5.69 Å². The van der Waals surface area contributed by atoms with Crippen LogP contribution in [0.5, 0.6) is 0 Å². The van der Waals surface area contributed by atoms with Gasteiger partial charge in [0.2, 0.25) is 0 Å². The molecule has 1 heterocycles. The van der Waals surface area contributed by atoms with Gasteiger partial charge in [0, 0.05) is 29.0 Å². The lowest BCUT2D eigenvalue weighted by Gasteiger charge is -2.48. The second-order valence-corrected chi connectivity index (χ2v) is 8.36.